The van der Waals surface area contributed by atoms with Gasteiger partial charge in [-0.05, 0) is 59.2 Å². The predicted molar refractivity (Wildman–Crippen MR) is 101 cm³/mol. The Morgan fingerprint density at radius 3 is 2.78 bits per heavy atom. The van der Waals surface area contributed by atoms with E-state index in [9.17, 15) is 5.11 Å². The van der Waals surface area contributed by atoms with E-state index in [1.54, 1.807) is 6.07 Å². The van der Waals surface area contributed by atoms with Crippen LogP contribution in [-0.2, 0) is 13.0 Å². The summed E-state index contributed by atoms with van der Waals surface area (Å²) in [5, 5.41) is 9.83. The van der Waals surface area contributed by atoms with Gasteiger partial charge in [-0.3, -0.25) is 4.90 Å². The standard InChI is InChI=1S/C19H22INO2/c1-2-8-21(12-14-6-4-3-5-7-14)16-9-15-10-17(20)18(22)11-19(15)23-13-16/h3-7,10-11,16,22H,2,8-9,12-13H2,1H3. The van der Waals surface area contributed by atoms with Crippen LogP contribution in [0.1, 0.15) is 24.5 Å². The minimum Gasteiger partial charge on any atom is -0.507 e. The van der Waals surface area contributed by atoms with Crippen LogP contribution in [0.25, 0.3) is 0 Å². The van der Waals surface area contributed by atoms with Gasteiger partial charge < -0.3 is 9.84 Å². The summed E-state index contributed by atoms with van der Waals surface area (Å²) in [4.78, 5) is 2.51. The number of ether oxygens (including phenoxy) is 1. The fourth-order valence-corrected chi connectivity index (χ4v) is 3.64. The van der Waals surface area contributed by atoms with Crippen molar-refractivity contribution in [2.24, 2.45) is 0 Å². The van der Waals surface area contributed by atoms with Crippen LogP contribution in [0.5, 0.6) is 11.5 Å². The summed E-state index contributed by atoms with van der Waals surface area (Å²) < 4.78 is 6.82. The van der Waals surface area contributed by atoms with Crippen molar-refractivity contribution in [2.45, 2.75) is 32.4 Å². The van der Waals surface area contributed by atoms with Crippen LogP contribution in [0.2, 0.25) is 0 Å². The molecule has 0 saturated heterocycles. The van der Waals surface area contributed by atoms with E-state index in [1.807, 2.05) is 6.07 Å². The molecule has 0 aliphatic carbocycles. The van der Waals surface area contributed by atoms with Gasteiger partial charge in [-0.25, -0.2) is 0 Å². The summed E-state index contributed by atoms with van der Waals surface area (Å²) in [6.07, 6.45) is 2.10. The highest BCUT2D eigenvalue weighted by Crippen LogP contribution is 2.33. The Kier molecular flexibility index (Phi) is 5.43. The predicted octanol–water partition coefficient (Wildman–Crippen LogP) is 4.21. The topological polar surface area (TPSA) is 32.7 Å². The van der Waals surface area contributed by atoms with Crippen molar-refractivity contribution < 1.29 is 9.84 Å². The molecule has 2 aromatic carbocycles. The molecule has 1 aliphatic heterocycles. The highest BCUT2D eigenvalue weighted by Gasteiger charge is 2.26. The average Bonchev–Trinajstić information content (AvgIpc) is 2.56. The summed E-state index contributed by atoms with van der Waals surface area (Å²) in [5.41, 5.74) is 2.53. The number of nitrogens with zero attached hydrogens (tertiary/aromatic N) is 1. The Morgan fingerprint density at radius 1 is 1.26 bits per heavy atom. The van der Waals surface area contributed by atoms with E-state index in [0.717, 1.165) is 35.3 Å². The zero-order valence-corrected chi connectivity index (χ0v) is 15.5. The van der Waals surface area contributed by atoms with Crippen molar-refractivity contribution in [1.29, 1.82) is 0 Å². The van der Waals surface area contributed by atoms with E-state index < -0.39 is 0 Å². The molecule has 1 heterocycles. The largest absolute Gasteiger partial charge is 0.507 e. The van der Waals surface area contributed by atoms with Gasteiger partial charge in [0.2, 0.25) is 0 Å². The second kappa shape index (κ2) is 7.53. The average molecular weight is 423 g/mol. The summed E-state index contributed by atoms with van der Waals surface area (Å²) in [6, 6.07) is 14.8. The monoisotopic (exact) mass is 423 g/mol. The molecule has 3 rings (SSSR count). The Hall–Kier alpha value is -1.27. The van der Waals surface area contributed by atoms with Gasteiger partial charge in [-0.2, -0.15) is 0 Å². The summed E-state index contributed by atoms with van der Waals surface area (Å²) in [6.45, 7) is 4.91. The molecule has 3 nitrogen and oxygen atoms in total. The molecule has 23 heavy (non-hydrogen) atoms. The number of phenols is 1. The number of aromatic hydroxyl groups is 1. The van der Waals surface area contributed by atoms with E-state index in [2.05, 4.69) is 64.7 Å². The van der Waals surface area contributed by atoms with Crippen LogP contribution in [0.3, 0.4) is 0 Å². The van der Waals surface area contributed by atoms with Crippen molar-refractivity contribution in [3.63, 3.8) is 0 Å². The molecule has 0 bridgehead atoms. The van der Waals surface area contributed by atoms with E-state index in [4.69, 9.17) is 4.74 Å². The first-order chi connectivity index (χ1) is 11.2. The lowest BCUT2D eigenvalue weighted by molar-refractivity contribution is 0.112. The molecule has 2 aromatic rings. The van der Waals surface area contributed by atoms with Crippen molar-refractivity contribution >= 4 is 22.6 Å². The summed E-state index contributed by atoms with van der Waals surface area (Å²) in [7, 11) is 0. The van der Waals surface area contributed by atoms with Crippen LogP contribution in [0.15, 0.2) is 42.5 Å². The van der Waals surface area contributed by atoms with E-state index in [-0.39, 0.29) is 0 Å². The molecule has 0 fully saturated rings. The molecular weight excluding hydrogens is 401 g/mol. The van der Waals surface area contributed by atoms with Gasteiger partial charge in [0, 0.05) is 18.7 Å². The highest BCUT2D eigenvalue weighted by atomic mass is 127. The first-order valence-corrected chi connectivity index (χ1v) is 9.17. The zero-order chi connectivity index (χ0) is 16.2. The Morgan fingerprint density at radius 2 is 2.04 bits per heavy atom. The maximum atomic E-state index is 9.83. The van der Waals surface area contributed by atoms with E-state index >= 15 is 0 Å². The van der Waals surface area contributed by atoms with Crippen molar-refractivity contribution in [3.05, 3.63) is 57.2 Å². The van der Waals surface area contributed by atoms with Crippen LogP contribution >= 0.6 is 22.6 Å². The smallest absolute Gasteiger partial charge is 0.132 e. The van der Waals surface area contributed by atoms with Crippen LogP contribution in [0, 0.1) is 3.57 Å². The quantitative estimate of drug-likeness (QED) is 0.732. The van der Waals surface area contributed by atoms with Crippen molar-refractivity contribution in [3.8, 4) is 11.5 Å². The molecule has 1 N–H and O–H groups in total. The number of phenolic OH excluding ortho intramolecular Hbond substituents is 1. The van der Waals surface area contributed by atoms with Gasteiger partial charge in [0.25, 0.3) is 0 Å². The molecule has 0 radical (unpaired) electrons. The van der Waals surface area contributed by atoms with E-state index in [1.165, 1.54) is 11.1 Å². The molecule has 0 spiro atoms. The number of benzene rings is 2. The molecule has 0 amide bonds. The first kappa shape index (κ1) is 16.6. The molecule has 0 aromatic heterocycles. The Bertz CT molecular complexity index is 660. The second-order valence-electron chi connectivity index (χ2n) is 6.04. The molecular formula is C19H22INO2. The Labute approximate surface area is 151 Å². The number of hydrogen-bond donors (Lipinski definition) is 1. The lowest BCUT2D eigenvalue weighted by Crippen LogP contribution is -2.43. The lowest BCUT2D eigenvalue weighted by Gasteiger charge is -2.35. The van der Waals surface area contributed by atoms with Crippen LogP contribution in [0.4, 0.5) is 0 Å². The number of rotatable bonds is 5. The normalized spacial score (nSPS) is 16.9. The molecule has 1 atom stereocenters. The molecule has 1 aliphatic rings. The molecule has 4 heteroatoms. The fraction of sp³-hybridized carbons (Fsp3) is 0.368. The zero-order valence-electron chi connectivity index (χ0n) is 13.3. The van der Waals surface area contributed by atoms with Crippen LogP contribution < -0.4 is 4.74 Å². The minimum absolute atomic E-state index is 0.303. The third kappa shape index (κ3) is 3.98. The lowest BCUT2D eigenvalue weighted by atomic mass is 10.0. The number of fused-ring (bicyclic) bond motifs is 1. The van der Waals surface area contributed by atoms with Gasteiger partial charge in [-0.1, -0.05) is 37.3 Å². The Balaban J connectivity index is 1.77. The number of hydrogen-bond acceptors (Lipinski definition) is 3. The second-order valence-corrected chi connectivity index (χ2v) is 7.20. The molecule has 122 valence electrons. The fourth-order valence-electron chi connectivity index (χ4n) is 3.11. The van der Waals surface area contributed by atoms with E-state index in [0.29, 0.717) is 18.4 Å². The third-order valence-electron chi connectivity index (χ3n) is 4.27. The summed E-state index contributed by atoms with van der Waals surface area (Å²) in [5.74, 6) is 1.13. The van der Waals surface area contributed by atoms with Gasteiger partial charge in [-0.15, -0.1) is 0 Å². The van der Waals surface area contributed by atoms with Gasteiger partial charge in [0.15, 0.2) is 0 Å². The van der Waals surface area contributed by atoms with Gasteiger partial charge in [0.05, 0.1) is 3.57 Å². The maximum absolute atomic E-state index is 9.83. The number of halogens is 1. The van der Waals surface area contributed by atoms with Crippen LogP contribution in [-0.4, -0.2) is 29.2 Å². The minimum atomic E-state index is 0.303. The van der Waals surface area contributed by atoms with Gasteiger partial charge in [0.1, 0.15) is 18.1 Å². The molecule has 0 saturated carbocycles. The highest BCUT2D eigenvalue weighted by molar-refractivity contribution is 14.1. The first-order valence-electron chi connectivity index (χ1n) is 8.09. The van der Waals surface area contributed by atoms with Crippen molar-refractivity contribution in [2.75, 3.05) is 13.2 Å². The van der Waals surface area contributed by atoms with Crippen molar-refractivity contribution in [1.82, 2.24) is 4.90 Å². The molecule has 1 unspecified atom stereocenters. The maximum Gasteiger partial charge on any atom is 0.132 e. The SMILES string of the molecule is CCCN(Cc1ccccc1)C1COc2cc(O)c(I)cc2C1. The third-order valence-corrected chi connectivity index (χ3v) is 5.14. The summed E-state index contributed by atoms with van der Waals surface area (Å²) >= 11 is 2.17. The van der Waals surface area contributed by atoms with Gasteiger partial charge >= 0.3 is 0 Å².